The van der Waals surface area contributed by atoms with Crippen molar-refractivity contribution in [1.82, 2.24) is 4.98 Å². The van der Waals surface area contributed by atoms with Crippen molar-refractivity contribution in [1.29, 1.82) is 0 Å². The van der Waals surface area contributed by atoms with E-state index in [4.69, 9.17) is 22.1 Å². The van der Waals surface area contributed by atoms with Gasteiger partial charge in [-0.15, -0.1) is 11.3 Å². The van der Waals surface area contributed by atoms with Gasteiger partial charge in [-0.25, -0.2) is 0 Å². The maximum atomic E-state index is 9.04. The lowest BCUT2D eigenvalue weighted by molar-refractivity contribution is -0.000176. The molecule has 2 aromatic rings. The number of hydrogen-bond acceptors (Lipinski definition) is 4. The van der Waals surface area contributed by atoms with Crippen molar-refractivity contribution < 1.29 is 9.84 Å². The molecule has 0 spiro atoms. The fourth-order valence-corrected chi connectivity index (χ4v) is 2.34. The van der Waals surface area contributed by atoms with Crippen LogP contribution in [0.15, 0.2) is 18.2 Å². The molecule has 0 amide bonds. The van der Waals surface area contributed by atoms with Crippen molar-refractivity contribution in [2.45, 2.75) is 13.2 Å². The Labute approximate surface area is 90.0 Å². The molecule has 0 aliphatic heterocycles. The molecule has 0 fully saturated rings. The first-order valence-corrected chi connectivity index (χ1v) is 5.35. The normalized spacial score (nSPS) is 13.0. The highest BCUT2D eigenvalue weighted by Crippen LogP contribution is 2.24. The van der Waals surface area contributed by atoms with Crippen LogP contribution < -0.4 is 4.74 Å². The molecule has 0 aliphatic rings. The molecule has 74 valence electrons. The molecule has 2 N–H and O–H groups in total. The van der Waals surface area contributed by atoms with Gasteiger partial charge in [-0.3, -0.25) is 0 Å². The fourth-order valence-electron chi connectivity index (χ4n) is 1.20. The van der Waals surface area contributed by atoms with Gasteiger partial charge in [0.25, 0.3) is 0 Å². The number of aromatic amines is 1. The third-order valence-corrected chi connectivity index (χ3v) is 2.90. The van der Waals surface area contributed by atoms with E-state index < -0.39 is 6.29 Å². The molecule has 3 nitrogen and oxygen atoms in total. The summed E-state index contributed by atoms with van der Waals surface area (Å²) in [4.78, 5) is 3.05. The molecule has 0 saturated carbocycles. The molecule has 5 heteroatoms. The van der Waals surface area contributed by atoms with E-state index in [1.807, 2.05) is 12.1 Å². The van der Waals surface area contributed by atoms with Crippen molar-refractivity contribution >= 4 is 33.8 Å². The van der Waals surface area contributed by atoms with Crippen LogP contribution in [0.5, 0.6) is 5.75 Å². The number of aliphatic hydroxyl groups excluding tert-OH is 1. The molecule has 1 aromatic carbocycles. The molecular formula is C9H9NO2S2. The average molecular weight is 227 g/mol. The van der Waals surface area contributed by atoms with Crippen LogP contribution in [0.4, 0.5) is 0 Å². The summed E-state index contributed by atoms with van der Waals surface area (Å²) < 4.78 is 6.93. The van der Waals surface area contributed by atoms with E-state index in [2.05, 4.69) is 4.98 Å². The lowest BCUT2D eigenvalue weighted by atomic mass is 10.3. The Morgan fingerprint density at radius 3 is 3.07 bits per heavy atom. The van der Waals surface area contributed by atoms with Crippen molar-refractivity contribution in [3.8, 4) is 5.75 Å². The first-order valence-electron chi connectivity index (χ1n) is 4.13. The Kier molecular flexibility index (Phi) is 2.54. The molecule has 1 unspecified atom stereocenters. The zero-order valence-electron chi connectivity index (χ0n) is 7.48. The van der Waals surface area contributed by atoms with Gasteiger partial charge in [0.2, 0.25) is 0 Å². The van der Waals surface area contributed by atoms with Gasteiger partial charge in [0.05, 0.1) is 10.2 Å². The highest BCUT2D eigenvalue weighted by atomic mass is 32.1. The monoisotopic (exact) mass is 227 g/mol. The highest BCUT2D eigenvalue weighted by molar-refractivity contribution is 7.73. The summed E-state index contributed by atoms with van der Waals surface area (Å²) in [5.41, 5.74) is 0.998. The van der Waals surface area contributed by atoms with Gasteiger partial charge in [-0.2, -0.15) is 0 Å². The minimum absolute atomic E-state index is 0.651. The zero-order chi connectivity index (χ0) is 10.1. The van der Waals surface area contributed by atoms with Crippen molar-refractivity contribution in [3.05, 3.63) is 22.2 Å². The first kappa shape index (κ1) is 9.64. The molecule has 0 radical (unpaired) electrons. The standard InChI is InChI=1S/C9H9NO2S2/c1-5(11)12-6-2-3-7-8(4-6)14-9(13)10-7/h2-5,11H,1H3,(H,10,13). The van der Waals surface area contributed by atoms with E-state index in [1.165, 1.54) is 11.3 Å². The molecule has 1 atom stereocenters. The quantitative estimate of drug-likeness (QED) is 0.612. The second kappa shape index (κ2) is 3.68. The lowest BCUT2D eigenvalue weighted by Crippen LogP contribution is -2.09. The van der Waals surface area contributed by atoms with E-state index in [0.29, 0.717) is 5.75 Å². The van der Waals surface area contributed by atoms with E-state index in [9.17, 15) is 0 Å². The number of aliphatic hydroxyl groups is 1. The minimum atomic E-state index is -0.792. The number of benzene rings is 1. The smallest absolute Gasteiger partial charge is 0.194 e. The summed E-state index contributed by atoms with van der Waals surface area (Å²) >= 11 is 6.51. The van der Waals surface area contributed by atoms with Crippen LogP contribution in [0.2, 0.25) is 0 Å². The predicted molar refractivity (Wildman–Crippen MR) is 59.3 cm³/mol. The molecule has 1 heterocycles. The van der Waals surface area contributed by atoms with Gasteiger partial charge < -0.3 is 14.8 Å². The van der Waals surface area contributed by atoms with Gasteiger partial charge in [0, 0.05) is 0 Å². The number of rotatable bonds is 2. The van der Waals surface area contributed by atoms with Gasteiger partial charge in [0.15, 0.2) is 10.2 Å². The number of nitrogens with one attached hydrogen (secondary N) is 1. The minimum Gasteiger partial charge on any atom is -0.465 e. The van der Waals surface area contributed by atoms with Crippen LogP contribution in [0.1, 0.15) is 6.92 Å². The highest BCUT2D eigenvalue weighted by Gasteiger charge is 2.02. The summed E-state index contributed by atoms with van der Waals surface area (Å²) in [5.74, 6) is 0.651. The van der Waals surface area contributed by atoms with Crippen LogP contribution in [0, 0.1) is 3.95 Å². The number of hydrogen-bond donors (Lipinski definition) is 2. The summed E-state index contributed by atoms with van der Waals surface area (Å²) in [5, 5.41) is 9.04. The van der Waals surface area contributed by atoms with Crippen LogP contribution >= 0.6 is 23.6 Å². The molecule has 1 aromatic heterocycles. The van der Waals surface area contributed by atoms with E-state index in [1.54, 1.807) is 13.0 Å². The maximum absolute atomic E-state index is 9.04. The van der Waals surface area contributed by atoms with Crippen LogP contribution in [0.25, 0.3) is 10.2 Å². The summed E-state index contributed by atoms with van der Waals surface area (Å²) in [6.07, 6.45) is -0.792. The third-order valence-electron chi connectivity index (χ3n) is 1.70. The van der Waals surface area contributed by atoms with Gasteiger partial charge in [-0.05, 0) is 37.3 Å². The first-order chi connectivity index (χ1) is 6.65. The molecule has 0 saturated heterocycles. The van der Waals surface area contributed by atoms with Gasteiger partial charge in [-0.1, -0.05) is 0 Å². The number of ether oxygens (including phenoxy) is 1. The van der Waals surface area contributed by atoms with E-state index in [-0.39, 0.29) is 0 Å². The second-order valence-electron chi connectivity index (χ2n) is 2.89. The summed E-state index contributed by atoms with van der Waals surface area (Å²) in [6, 6.07) is 5.55. The Bertz CT molecular complexity index is 501. The maximum Gasteiger partial charge on any atom is 0.194 e. The van der Waals surface area contributed by atoms with Crippen molar-refractivity contribution in [2.75, 3.05) is 0 Å². The van der Waals surface area contributed by atoms with Crippen molar-refractivity contribution in [3.63, 3.8) is 0 Å². The molecule has 2 rings (SSSR count). The van der Waals surface area contributed by atoms with E-state index >= 15 is 0 Å². The van der Waals surface area contributed by atoms with Crippen LogP contribution in [-0.2, 0) is 0 Å². The molecule has 0 aliphatic carbocycles. The largest absolute Gasteiger partial charge is 0.465 e. The predicted octanol–water partition coefficient (Wildman–Crippen LogP) is 2.68. The topological polar surface area (TPSA) is 45.2 Å². The number of aromatic nitrogens is 1. The summed E-state index contributed by atoms with van der Waals surface area (Å²) in [7, 11) is 0. The Balaban J connectivity index is 2.45. The fraction of sp³-hybridized carbons (Fsp3) is 0.222. The van der Waals surface area contributed by atoms with Crippen LogP contribution in [-0.4, -0.2) is 16.4 Å². The van der Waals surface area contributed by atoms with E-state index in [0.717, 1.165) is 14.2 Å². The Morgan fingerprint density at radius 1 is 1.57 bits per heavy atom. The number of fused-ring (bicyclic) bond motifs is 1. The second-order valence-corrected chi connectivity index (χ2v) is 4.61. The van der Waals surface area contributed by atoms with Gasteiger partial charge >= 0.3 is 0 Å². The van der Waals surface area contributed by atoms with Crippen LogP contribution in [0.3, 0.4) is 0 Å². The van der Waals surface area contributed by atoms with Gasteiger partial charge in [0.1, 0.15) is 5.75 Å². The summed E-state index contributed by atoms with van der Waals surface area (Å²) in [6.45, 7) is 1.57. The van der Waals surface area contributed by atoms with Crippen molar-refractivity contribution in [2.24, 2.45) is 0 Å². The molecule has 0 bridgehead atoms. The lowest BCUT2D eigenvalue weighted by Gasteiger charge is -2.07. The third kappa shape index (κ3) is 1.95. The SMILES string of the molecule is CC(O)Oc1ccc2[nH]c(=S)sc2c1. The average Bonchev–Trinajstić information content (AvgIpc) is 2.42. The molecular weight excluding hydrogens is 218 g/mol. The number of H-pyrrole nitrogens is 1. The number of thiazole rings is 1. The Hall–Kier alpha value is -0.910. The Morgan fingerprint density at radius 2 is 2.36 bits per heavy atom. The zero-order valence-corrected chi connectivity index (χ0v) is 9.11. The molecule has 14 heavy (non-hydrogen) atoms.